The fourth-order valence-electron chi connectivity index (χ4n) is 7.43. The number of anilines is 3. The van der Waals surface area contributed by atoms with Gasteiger partial charge in [-0.1, -0.05) is 24.0 Å². The van der Waals surface area contributed by atoms with Gasteiger partial charge in [-0.25, -0.2) is 11.0 Å². The molecule has 4 aliphatic rings. The molecule has 1 saturated carbocycles. The molecule has 0 radical (unpaired) electrons. The Morgan fingerprint density at radius 1 is 1.06 bits per heavy atom. The Bertz CT molecular complexity index is 1750. The van der Waals surface area contributed by atoms with Crippen LogP contribution in [0, 0.1) is 29.6 Å². The quantitative estimate of drug-likeness (QED) is 0.146. The van der Waals surface area contributed by atoms with Crippen molar-refractivity contribution in [3.63, 3.8) is 0 Å². The first-order valence-corrected chi connectivity index (χ1v) is 17.6. The number of halogens is 4. The maximum atomic E-state index is 15.2. The number of ether oxygens (including phenoxy) is 3. The van der Waals surface area contributed by atoms with Crippen LogP contribution in [0.2, 0.25) is 0 Å². The smallest absolute Gasteiger partial charge is 0.393 e. The number of fused-ring (bicyclic) bond motifs is 1. The summed E-state index contributed by atoms with van der Waals surface area (Å²) in [5, 5.41) is 7.25. The van der Waals surface area contributed by atoms with E-state index < -0.39 is 18.4 Å². The summed E-state index contributed by atoms with van der Waals surface area (Å²) in [5.74, 6) is 5.75. The second-order valence-electron chi connectivity index (χ2n) is 13.4. The number of rotatable bonds is 9. The number of likely N-dealkylation sites (tertiary alicyclic amines) is 1. The number of morpholine rings is 1. The highest BCUT2D eigenvalue weighted by atomic mass is 32.1. The van der Waals surface area contributed by atoms with Crippen molar-refractivity contribution < 1.29 is 31.8 Å². The molecule has 49 heavy (non-hydrogen) atoms. The second kappa shape index (κ2) is 14.2. The molecule has 0 atom stereocenters. The van der Waals surface area contributed by atoms with Gasteiger partial charge in [-0.2, -0.15) is 13.2 Å². The molecular formula is C36H39F4N5O3S. The van der Waals surface area contributed by atoms with Crippen LogP contribution < -0.4 is 20.3 Å². The first-order valence-electron chi connectivity index (χ1n) is 16.7. The standard InChI is InChI=1S/C36H39F4N5O3S/c1-41-23-48-32-17-31(44-12-14-46-15-13-44)28(37)16-30(32)42-11-3-6-33-27(18-36(38,39)40)26-4-2-5-29(34(26)49-33)43-24-7-9-25(10-8-24)45-19-35(20-45)21-47-22-35/h2,4-5,16-17,24-25,42-43H,7-15,18-23H2. The summed E-state index contributed by atoms with van der Waals surface area (Å²) < 4.78 is 73.7. The zero-order valence-electron chi connectivity index (χ0n) is 27.1. The summed E-state index contributed by atoms with van der Waals surface area (Å²) in [5.41, 5.74) is 2.07. The maximum absolute atomic E-state index is 15.2. The van der Waals surface area contributed by atoms with Gasteiger partial charge in [0.2, 0.25) is 0 Å². The zero-order chi connectivity index (χ0) is 34.0. The highest BCUT2D eigenvalue weighted by molar-refractivity contribution is 7.20. The number of nitrogens with one attached hydrogen (secondary N) is 2. The van der Waals surface area contributed by atoms with Crippen molar-refractivity contribution in [2.45, 2.75) is 50.4 Å². The molecular weight excluding hydrogens is 658 g/mol. The maximum Gasteiger partial charge on any atom is 0.393 e. The van der Waals surface area contributed by atoms with Gasteiger partial charge in [0.05, 0.1) is 66.0 Å². The zero-order valence-corrected chi connectivity index (χ0v) is 28.0. The third kappa shape index (κ3) is 7.56. The summed E-state index contributed by atoms with van der Waals surface area (Å²) in [7, 11) is 0. The average Bonchev–Trinajstić information content (AvgIpc) is 3.39. The lowest BCUT2D eigenvalue weighted by Crippen LogP contribution is -2.68. The molecule has 2 aromatic carbocycles. The van der Waals surface area contributed by atoms with Crippen molar-refractivity contribution in [2.75, 3.05) is 81.4 Å². The number of benzene rings is 2. The van der Waals surface area contributed by atoms with Gasteiger partial charge in [0, 0.05) is 55.8 Å². The van der Waals surface area contributed by atoms with E-state index in [1.165, 1.54) is 17.4 Å². The van der Waals surface area contributed by atoms with Crippen LogP contribution in [0.5, 0.6) is 5.75 Å². The molecule has 8 nitrogen and oxygen atoms in total. The van der Waals surface area contributed by atoms with Crippen LogP contribution in [0.4, 0.5) is 34.6 Å². The molecule has 7 rings (SSSR count). The van der Waals surface area contributed by atoms with Crippen LogP contribution in [0.1, 0.15) is 36.1 Å². The monoisotopic (exact) mass is 697 g/mol. The highest BCUT2D eigenvalue weighted by Gasteiger charge is 2.50. The van der Waals surface area contributed by atoms with Crippen LogP contribution in [0.15, 0.2) is 30.3 Å². The fraction of sp³-hybridized carbons (Fsp3) is 0.528. The second-order valence-corrected chi connectivity index (χ2v) is 14.4. The molecule has 1 aromatic heterocycles. The van der Waals surface area contributed by atoms with E-state index in [4.69, 9.17) is 20.8 Å². The van der Waals surface area contributed by atoms with Gasteiger partial charge in [0.25, 0.3) is 0 Å². The normalized spacial score (nSPS) is 22.1. The summed E-state index contributed by atoms with van der Waals surface area (Å²) in [6.07, 6.45) is -1.26. The van der Waals surface area contributed by atoms with Gasteiger partial charge in [-0.05, 0) is 42.7 Å². The summed E-state index contributed by atoms with van der Waals surface area (Å²) in [6.45, 7) is 12.9. The number of thiophene rings is 1. The lowest BCUT2D eigenvalue weighted by molar-refractivity contribution is -0.200. The largest absolute Gasteiger partial charge is 0.424 e. The Morgan fingerprint density at radius 3 is 2.53 bits per heavy atom. The molecule has 4 heterocycles. The summed E-state index contributed by atoms with van der Waals surface area (Å²) in [6, 6.07) is 9.19. The van der Waals surface area contributed by atoms with Crippen molar-refractivity contribution >= 4 is 38.5 Å². The topological polar surface area (TPSA) is 62.6 Å². The van der Waals surface area contributed by atoms with Crippen LogP contribution in [-0.4, -0.2) is 89.0 Å². The van der Waals surface area contributed by atoms with Gasteiger partial charge in [0.15, 0.2) is 5.75 Å². The van der Waals surface area contributed by atoms with E-state index in [0.717, 1.165) is 62.4 Å². The Kier molecular flexibility index (Phi) is 9.80. The Hall–Kier alpha value is -3.75. The van der Waals surface area contributed by atoms with Crippen LogP contribution in [0.25, 0.3) is 14.9 Å². The molecule has 4 fully saturated rings. The van der Waals surface area contributed by atoms with Crippen molar-refractivity contribution in [2.24, 2.45) is 5.41 Å². The molecule has 0 amide bonds. The first kappa shape index (κ1) is 33.7. The van der Waals surface area contributed by atoms with Crippen molar-refractivity contribution in [3.05, 3.63) is 58.0 Å². The van der Waals surface area contributed by atoms with Gasteiger partial charge in [-0.3, -0.25) is 9.74 Å². The predicted octanol–water partition coefficient (Wildman–Crippen LogP) is 6.76. The van der Waals surface area contributed by atoms with E-state index in [-0.39, 0.29) is 24.9 Å². The Balaban J connectivity index is 1.06. The van der Waals surface area contributed by atoms with Gasteiger partial charge < -0.3 is 29.7 Å². The predicted molar refractivity (Wildman–Crippen MR) is 183 cm³/mol. The molecule has 1 aliphatic carbocycles. The van der Waals surface area contributed by atoms with Gasteiger partial charge >= 0.3 is 12.9 Å². The van der Waals surface area contributed by atoms with E-state index in [1.807, 2.05) is 17.0 Å². The SMILES string of the molecule is [C-]#[N+]COc1cc(N2CCOCC2)c(F)cc1NCC#Cc1sc2c(NC3CCC(N4CC5(COC5)C4)CC3)cccc2c1CC(F)(F)F. The van der Waals surface area contributed by atoms with Crippen molar-refractivity contribution in [3.8, 4) is 17.6 Å². The molecule has 2 N–H and O–H groups in total. The van der Waals surface area contributed by atoms with E-state index in [1.54, 1.807) is 12.1 Å². The summed E-state index contributed by atoms with van der Waals surface area (Å²) >= 11 is 1.27. The fourth-order valence-corrected chi connectivity index (χ4v) is 8.60. The van der Waals surface area contributed by atoms with Crippen LogP contribution in [0.3, 0.4) is 0 Å². The number of hydrogen-bond donors (Lipinski definition) is 2. The van der Waals surface area contributed by atoms with E-state index >= 15 is 4.39 Å². The first-order chi connectivity index (χ1) is 23.7. The van der Waals surface area contributed by atoms with Crippen molar-refractivity contribution in [1.82, 2.24) is 4.90 Å². The minimum absolute atomic E-state index is 0.0317. The number of nitrogens with zero attached hydrogens (tertiary/aromatic N) is 3. The molecule has 3 saturated heterocycles. The van der Waals surface area contributed by atoms with E-state index in [9.17, 15) is 13.2 Å². The summed E-state index contributed by atoms with van der Waals surface area (Å²) in [4.78, 5) is 8.05. The van der Waals surface area contributed by atoms with Crippen LogP contribution in [-0.2, 0) is 15.9 Å². The Labute approximate surface area is 287 Å². The van der Waals surface area contributed by atoms with Gasteiger partial charge in [-0.15, -0.1) is 11.3 Å². The third-order valence-electron chi connectivity index (χ3n) is 9.92. The highest BCUT2D eigenvalue weighted by Crippen LogP contribution is 2.43. The molecule has 0 bridgehead atoms. The van der Waals surface area contributed by atoms with Crippen molar-refractivity contribution in [1.29, 1.82) is 0 Å². The average molecular weight is 698 g/mol. The van der Waals surface area contributed by atoms with Gasteiger partial charge in [0.1, 0.15) is 5.82 Å². The molecule has 0 unspecified atom stereocenters. The lowest BCUT2D eigenvalue weighted by Gasteiger charge is -2.58. The molecule has 3 aromatic rings. The molecule has 1 spiro atoms. The lowest BCUT2D eigenvalue weighted by atomic mass is 9.75. The third-order valence-corrected chi connectivity index (χ3v) is 11.1. The number of alkyl halides is 3. The minimum atomic E-state index is -4.40. The van der Waals surface area contributed by atoms with E-state index in [0.29, 0.717) is 65.1 Å². The van der Waals surface area contributed by atoms with E-state index in [2.05, 4.69) is 32.2 Å². The Morgan fingerprint density at radius 2 is 1.84 bits per heavy atom. The number of hydrogen-bond acceptors (Lipinski definition) is 8. The molecule has 260 valence electrons. The minimum Gasteiger partial charge on any atom is -0.424 e. The molecule has 13 heteroatoms. The molecule has 3 aliphatic heterocycles. The van der Waals surface area contributed by atoms with Crippen LogP contribution >= 0.6 is 11.3 Å².